The van der Waals surface area contributed by atoms with Crippen LogP contribution in [0.3, 0.4) is 0 Å². The van der Waals surface area contributed by atoms with Crippen LogP contribution in [-0.4, -0.2) is 74.8 Å². The van der Waals surface area contributed by atoms with Gasteiger partial charge in [0.15, 0.2) is 5.96 Å². The number of nitrogens with two attached hydrogens (primary N) is 1. The molecule has 2 fully saturated rings. The third-order valence-corrected chi connectivity index (χ3v) is 6.11. The van der Waals surface area contributed by atoms with Crippen molar-refractivity contribution in [3.05, 3.63) is 22.4 Å². The van der Waals surface area contributed by atoms with Crippen LogP contribution in [0.15, 0.2) is 22.5 Å². The zero-order chi connectivity index (χ0) is 18.0. The molecule has 0 aliphatic carbocycles. The third-order valence-electron chi connectivity index (χ3n) is 5.25. The van der Waals surface area contributed by atoms with Gasteiger partial charge in [0.1, 0.15) is 0 Å². The molecule has 0 unspecified atom stereocenters. The van der Waals surface area contributed by atoms with Crippen LogP contribution in [-0.2, 0) is 11.3 Å². The molecule has 3 rings (SSSR count). The molecule has 154 valence electrons. The summed E-state index contributed by atoms with van der Waals surface area (Å²) in [5, 5.41) is 5.42. The van der Waals surface area contributed by atoms with Crippen molar-refractivity contribution >= 4 is 41.3 Å². The lowest BCUT2D eigenvalue weighted by Gasteiger charge is -2.30. The third kappa shape index (κ3) is 8.64. The topological polar surface area (TPSA) is 66.1 Å². The molecule has 1 aromatic heterocycles. The summed E-state index contributed by atoms with van der Waals surface area (Å²) in [6.07, 6.45) is 3.54. The first-order chi connectivity index (χ1) is 12.8. The number of hydrogen-bond donors (Lipinski definition) is 2. The number of nitrogens with one attached hydrogen (secondary N) is 1. The van der Waals surface area contributed by atoms with Crippen molar-refractivity contribution in [1.82, 2.24) is 15.1 Å². The van der Waals surface area contributed by atoms with E-state index in [0.29, 0.717) is 11.9 Å². The van der Waals surface area contributed by atoms with E-state index in [1.54, 1.807) is 0 Å². The highest BCUT2D eigenvalue weighted by molar-refractivity contribution is 14.0. The molecule has 2 aliphatic heterocycles. The Morgan fingerprint density at radius 3 is 2.70 bits per heavy atom. The minimum Gasteiger partial charge on any atom is -0.379 e. The van der Waals surface area contributed by atoms with Crippen LogP contribution >= 0.6 is 35.3 Å². The number of nitrogens with zero attached hydrogens (tertiary/aromatic N) is 3. The molecular formula is C19H34IN5OS. The summed E-state index contributed by atoms with van der Waals surface area (Å²) >= 11 is 1.85. The van der Waals surface area contributed by atoms with Gasteiger partial charge >= 0.3 is 0 Å². The van der Waals surface area contributed by atoms with E-state index in [9.17, 15) is 0 Å². The monoisotopic (exact) mass is 507 g/mol. The van der Waals surface area contributed by atoms with E-state index in [2.05, 4.69) is 37.6 Å². The van der Waals surface area contributed by atoms with Crippen molar-refractivity contribution in [2.24, 2.45) is 16.6 Å². The van der Waals surface area contributed by atoms with Gasteiger partial charge in [0, 0.05) is 37.6 Å². The van der Waals surface area contributed by atoms with Crippen LogP contribution in [0.5, 0.6) is 0 Å². The number of guanidine groups is 1. The van der Waals surface area contributed by atoms with E-state index in [1.165, 1.54) is 30.8 Å². The number of aliphatic imine (C=N–C) groups is 1. The molecule has 27 heavy (non-hydrogen) atoms. The molecule has 0 atom stereocenters. The summed E-state index contributed by atoms with van der Waals surface area (Å²) in [6.45, 7) is 10.1. The zero-order valence-electron chi connectivity index (χ0n) is 16.1. The lowest BCUT2D eigenvalue weighted by molar-refractivity contribution is 0.0376. The van der Waals surface area contributed by atoms with Gasteiger partial charge in [0.05, 0.1) is 13.2 Å². The van der Waals surface area contributed by atoms with Crippen molar-refractivity contribution in [3.8, 4) is 0 Å². The Hall–Kier alpha value is -0.420. The highest BCUT2D eigenvalue weighted by Crippen LogP contribution is 2.20. The number of halogens is 1. The standard InChI is InChI=1S/C19H33N5OS.HI/c20-19(21-6-2-7-23-10-12-25-13-11-23)22-15-17-4-8-24(9-5-17)16-18-3-1-14-26-18;/h1,3,14,17H,2,4-13,15-16H2,(H3,20,21,22);1H. The molecule has 3 heterocycles. The number of rotatable bonds is 8. The minimum atomic E-state index is 0. The molecule has 8 heteroatoms. The lowest BCUT2D eigenvalue weighted by Crippen LogP contribution is -2.39. The highest BCUT2D eigenvalue weighted by Gasteiger charge is 2.19. The largest absolute Gasteiger partial charge is 0.379 e. The molecule has 3 N–H and O–H groups in total. The summed E-state index contributed by atoms with van der Waals surface area (Å²) in [6, 6.07) is 4.37. The minimum absolute atomic E-state index is 0. The molecule has 0 bridgehead atoms. The molecule has 0 amide bonds. The number of thiophene rings is 1. The van der Waals surface area contributed by atoms with Gasteiger partial charge in [-0.2, -0.15) is 0 Å². The Kier molecular flexibility index (Phi) is 10.9. The average molecular weight is 507 g/mol. The average Bonchev–Trinajstić information content (AvgIpc) is 3.19. The van der Waals surface area contributed by atoms with Gasteiger partial charge < -0.3 is 15.8 Å². The first-order valence-electron chi connectivity index (χ1n) is 9.88. The molecule has 0 aromatic carbocycles. The fraction of sp³-hybridized carbons (Fsp3) is 0.737. The Morgan fingerprint density at radius 2 is 2.00 bits per heavy atom. The van der Waals surface area contributed by atoms with E-state index >= 15 is 0 Å². The second kappa shape index (κ2) is 12.9. The quantitative estimate of drug-likeness (QED) is 0.245. The molecule has 6 nitrogen and oxygen atoms in total. The van der Waals surface area contributed by atoms with Crippen LogP contribution in [0.4, 0.5) is 0 Å². The number of hydrogen-bond acceptors (Lipinski definition) is 5. The van der Waals surface area contributed by atoms with E-state index in [4.69, 9.17) is 10.5 Å². The van der Waals surface area contributed by atoms with Gasteiger partial charge in [-0.3, -0.25) is 14.8 Å². The second-order valence-corrected chi connectivity index (χ2v) is 8.29. The first kappa shape index (κ1) is 22.9. The summed E-state index contributed by atoms with van der Waals surface area (Å²) in [7, 11) is 0. The normalized spacial score (nSPS) is 20.4. The number of likely N-dealkylation sites (tertiary alicyclic amines) is 1. The van der Waals surface area contributed by atoms with Gasteiger partial charge in [0.25, 0.3) is 0 Å². The predicted octanol–water partition coefficient (Wildman–Crippen LogP) is 2.20. The van der Waals surface area contributed by atoms with Crippen LogP contribution < -0.4 is 11.1 Å². The van der Waals surface area contributed by atoms with E-state index in [-0.39, 0.29) is 24.0 Å². The zero-order valence-corrected chi connectivity index (χ0v) is 19.3. The van der Waals surface area contributed by atoms with Crippen LogP contribution in [0.25, 0.3) is 0 Å². The van der Waals surface area contributed by atoms with Crippen LogP contribution in [0, 0.1) is 5.92 Å². The van der Waals surface area contributed by atoms with Crippen molar-refractivity contribution in [2.75, 3.05) is 59.0 Å². The molecule has 0 saturated carbocycles. The molecule has 0 radical (unpaired) electrons. The van der Waals surface area contributed by atoms with Crippen molar-refractivity contribution < 1.29 is 4.74 Å². The smallest absolute Gasteiger partial charge is 0.188 e. The van der Waals surface area contributed by atoms with E-state index in [1.807, 2.05) is 11.3 Å². The summed E-state index contributed by atoms with van der Waals surface area (Å²) in [5.41, 5.74) is 6.02. The maximum absolute atomic E-state index is 6.02. The van der Waals surface area contributed by atoms with Crippen molar-refractivity contribution in [1.29, 1.82) is 0 Å². The maximum Gasteiger partial charge on any atom is 0.188 e. The summed E-state index contributed by atoms with van der Waals surface area (Å²) < 4.78 is 5.37. The Labute approximate surface area is 184 Å². The molecule has 0 spiro atoms. The Balaban J connectivity index is 0.00000261. The van der Waals surface area contributed by atoms with Gasteiger partial charge in [-0.15, -0.1) is 35.3 Å². The lowest BCUT2D eigenvalue weighted by atomic mass is 9.97. The SMILES string of the molecule is I.NC(=NCC1CCN(Cc2cccs2)CC1)NCCCN1CCOCC1. The van der Waals surface area contributed by atoms with E-state index < -0.39 is 0 Å². The van der Waals surface area contributed by atoms with Gasteiger partial charge in [-0.1, -0.05) is 6.07 Å². The molecule has 2 saturated heterocycles. The Morgan fingerprint density at radius 1 is 1.22 bits per heavy atom. The molecular weight excluding hydrogens is 473 g/mol. The summed E-state index contributed by atoms with van der Waals surface area (Å²) in [5.74, 6) is 1.27. The maximum atomic E-state index is 6.02. The molecule has 1 aromatic rings. The first-order valence-corrected chi connectivity index (χ1v) is 10.8. The summed E-state index contributed by atoms with van der Waals surface area (Å²) in [4.78, 5) is 11.0. The fourth-order valence-corrected chi connectivity index (χ4v) is 4.32. The predicted molar refractivity (Wildman–Crippen MR) is 124 cm³/mol. The van der Waals surface area contributed by atoms with Gasteiger partial charge in [0.2, 0.25) is 0 Å². The number of piperidine rings is 1. The van der Waals surface area contributed by atoms with Crippen LogP contribution in [0.2, 0.25) is 0 Å². The number of morpholine rings is 1. The van der Waals surface area contributed by atoms with E-state index in [0.717, 1.165) is 58.9 Å². The van der Waals surface area contributed by atoms with Gasteiger partial charge in [-0.25, -0.2) is 0 Å². The van der Waals surface area contributed by atoms with Gasteiger partial charge in [-0.05, 0) is 56.3 Å². The molecule has 2 aliphatic rings. The van der Waals surface area contributed by atoms with Crippen molar-refractivity contribution in [3.63, 3.8) is 0 Å². The van der Waals surface area contributed by atoms with Crippen molar-refractivity contribution in [2.45, 2.75) is 25.8 Å². The Bertz CT molecular complexity index is 528. The fourth-order valence-electron chi connectivity index (χ4n) is 3.58. The second-order valence-electron chi connectivity index (χ2n) is 7.26. The highest BCUT2D eigenvalue weighted by atomic mass is 127. The van der Waals surface area contributed by atoms with Crippen LogP contribution in [0.1, 0.15) is 24.1 Å². The number of ether oxygens (including phenoxy) is 1.